The molecule has 5 rings (SSSR count). The lowest BCUT2D eigenvalue weighted by atomic mass is 9.69. The summed E-state index contributed by atoms with van der Waals surface area (Å²) in [6.07, 6.45) is 5.29. The molecule has 2 fully saturated rings. The number of carbonyl (C=O) groups excluding carboxylic acids is 1. The van der Waals surface area contributed by atoms with E-state index in [-0.39, 0.29) is 28.6 Å². The number of nitrogens with zero attached hydrogens (tertiary/aromatic N) is 2. The topological polar surface area (TPSA) is 32.7 Å². The van der Waals surface area contributed by atoms with Gasteiger partial charge in [-0.3, -0.25) is 9.79 Å². The normalized spacial score (nSPS) is 25.8. The first-order chi connectivity index (χ1) is 16.5. The van der Waals surface area contributed by atoms with Gasteiger partial charge >= 0.3 is 0 Å². The van der Waals surface area contributed by atoms with Gasteiger partial charge in [0.1, 0.15) is 11.4 Å². The van der Waals surface area contributed by atoms with Crippen LogP contribution in [0.3, 0.4) is 0 Å². The summed E-state index contributed by atoms with van der Waals surface area (Å²) >= 11 is 0. The lowest BCUT2D eigenvalue weighted by molar-refractivity contribution is -0.134. The number of rotatable bonds is 4. The lowest BCUT2D eigenvalue weighted by Gasteiger charge is -2.47. The smallest absolute Gasteiger partial charge is 0.275 e. The van der Waals surface area contributed by atoms with Gasteiger partial charge in [0.15, 0.2) is 17.5 Å². The zero-order valence-corrected chi connectivity index (χ0v) is 20.9. The molecule has 1 unspecified atom stereocenters. The summed E-state index contributed by atoms with van der Waals surface area (Å²) in [7, 11) is 0. The van der Waals surface area contributed by atoms with E-state index in [0.717, 1.165) is 48.9 Å². The molecule has 186 valence electrons. The second-order valence-corrected chi connectivity index (χ2v) is 11.7. The largest absolute Gasteiger partial charge is 0.305 e. The van der Waals surface area contributed by atoms with Crippen LogP contribution in [-0.2, 0) is 4.79 Å². The molecule has 1 aliphatic heterocycles. The zero-order valence-electron chi connectivity index (χ0n) is 20.9. The molecule has 0 bridgehead atoms. The van der Waals surface area contributed by atoms with Crippen LogP contribution in [0.1, 0.15) is 82.0 Å². The molecular weight excluding hydrogens is 449 g/mol. The molecule has 1 atom stereocenters. The number of aliphatic imine (C=N–C) groups is 1. The Morgan fingerprint density at radius 2 is 1.54 bits per heavy atom. The van der Waals surface area contributed by atoms with Gasteiger partial charge in [0.25, 0.3) is 5.91 Å². The van der Waals surface area contributed by atoms with Crippen molar-refractivity contribution < 1.29 is 18.0 Å². The second-order valence-electron chi connectivity index (χ2n) is 11.7. The predicted molar refractivity (Wildman–Crippen MR) is 130 cm³/mol. The Labute approximate surface area is 205 Å². The van der Waals surface area contributed by atoms with E-state index in [1.54, 1.807) is 0 Å². The number of benzene rings is 2. The maximum atomic E-state index is 14.1. The minimum Gasteiger partial charge on any atom is -0.305 e. The van der Waals surface area contributed by atoms with E-state index in [9.17, 15) is 18.0 Å². The van der Waals surface area contributed by atoms with Crippen molar-refractivity contribution in [2.75, 3.05) is 0 Å². The predicted octanol–water partition coefficient (Wildman–Crippen LogP) is 7.13. The van der Waals surface area contributed by atoms with Crippen molar-refractivity contribution in [3.8, 4) is 0 Å². The Hall–Kier alpha value is -2.63. The molecule has 6 heteroatoms. The Kier molecular flexibility index (Phi) is 5.84. The molecule has 35 heavy (non-hydrogen) atoms. The van der Waals surface area contributed by atoms with Gasteiger partial charge in [-0.25, -0.2) is 13.2 Å². The van der Waals surface area contributed by atoms with Crippen LogP contribution in [0.2, 0.25) is 0 Å². The van der Waals surface area contributed by atoms with Crippen molar-refractivity contribution in [3.05, 3.63) is 70.5 Å². The fourth-order valence-corrected chi connectivity index (χ4v) is 5.98. The summed E-state index contributed by atoms with van der Waals surface area (Å²) in [6.45, 7) is 8.76. The van der Waals surface area contributed by atoms with Crippen LogP contribution < -0.4 is 0 Å². The monoisotopic (exact) mass is 482 g/mol. The Morgan fingerprint density at radius 1 is 0.971 bits per heavy atom. The fourth-order valence-electron chi connectivity index (χ4n) is 5.98. The van der Waals surface area contributed by atoms with E-state index in [0.29, 0.717) is 24.7 Å². The minimum atomic E-state index is -1.53. The van der Waals surface area contributed by atoms with Crippen molar-refractivity contribution in [1.29, 1.82) is 0 Å². The Balaban J connectivity index is 1.60. The molecular formula is C29H33F3N2O. The third-order valence-corrected chi connectivity index (χ3v) is 8.22. The highest BCUT2D eigenvalue weighted by Gasteiger charge is 2.55. The van der Waals surface area contributed by atoms with Crippen LogP contribution in [0.5, 0.6) is 0 Å². The average molecular weight is 483 g/mol. The molecule has 0 N–H and O–H groups in total. The quantitative estimate of drug-likeness (QED) is 0.427. The molecule has 1 amide bonds. The van der Waals surface area contributed by atoms with Gasteiger partial charge in [0, 0.05) is 5.56 Å². The average Bonchev–Trinajstić information content (AvgIpc) is 3.60. The molecule has 2 aromatic carbocycles. The number of hydrogen-bond acceptors (Lipinski definition) is 2. The maximum Gasteiger partial charge on any atom is 0.275 e. The number of hydrogen-bond donors (Lipinski definition) is 0. The zero-order chi connectivity index (χ0) is 25.1. The number of halogens is 3. The third kappa shape index (κ3) is 4.30. The van der Waals surface area contributed by atoms with E-state index in [1.807, 2.05) is 11.8 Å². The first-order valence-corrected chi connectivity index (χ1v) is 12.7. The molecule has 2 aliphatic carbocycles. The molecule has 1 heterocycles. The first kappa shape index (κ1) is 24.1. The number of aryl methyl sites for hydroxylation is 1. The van der Waals surface area contributed by atoms with Crippen LogP contribution >= 0.6 is 0 Å². The summed E-state index contributed by atoms with van der Waals surface area (Å²) in [5.74, 6) is -3.64. The van der Waals surface area contributed by atoms with E-state index < -0.39 is 23.1 Å². The Bertz CT molecular complexity index is 1150. The third-order valence-electron chi connectivity index (χ3n) is 8.22. The SMILES string of the molecule is Cc1ccc(C(C2CC2)N2C(=O)C(c3cc(F)c(F)c(F)c3)=NC23CCC(C(C)(C)C)CC3)cc1. The van der Waals surface area contributed by atoms with Crippen LogP contribution in [0, 0.1) is 41.6 Å². The molecule has 0 aromatic heterocycles. The summed E-state index contributed by atoms with van der Waals surface area (Å²) < 4.78 is 42.0. The van der Waals surface area contributed by atoms with Gasteiger partial charge in [-0.2, -0.15) is 0 Å². The van der Waals surface area contributed by atoms with Gasteiger partial charge in [-0.15, -0.1) is 0 Å². The minimum absolute atomic E-state index is 0.00433. The lowest BCUT2D eigenvalue weighted by Crippen LogP contribution is -2.52. The van der Waals surface area contributed by atoms with Gasteiger partial charge < -0.3 is 4.90 Å². The summed E-state index contributed by atoms with van der Waals surface area (Å²) in [5.41, 5.74) is 1.65. The van der Waals surface area contributed by atoms with E-state index in [1.165, 1.54) is 0 Å². The van der Waals surface area contributed by atoms with Gasteiger partial charge in [-0.1, -0.05) is 50.6 Å². The van der Waals surface area contributed by atoms with Crippen molar-refractivity contribution in [2.45, 2.75) is 77.9 Å². The summed E-state index contributed by atoms with van der Waals surface area (Å²) in [6, 6.07) is 9.91. The molecule has 3 nitrogen and oxygen atoms in total. The molecule has 0 saturated heterocycles. The standard InChI is InChI=1S/C29H33F3N2O/c1-17-5-7-18(8-6-17)26(19-9-10-19)34-27(35)25(20-15-22(30)24(32)23(31)16-20)33-29(34)13-11-21(12-14-29)28(2,3)4/h5-8,15-16,19,21,26H,9-14H2,1-4H3. The van der Waals surface area contributed by atoms with Gasteiger partial charge in [0.2, 0.25) is 0 Å². The van der Waals surface area contributed by atoms with E-state index in [2.05, 4.69) is 45.0 Å². The first-order valence-electron chi connectivity index (χ1n) is 12.7. The van der Waals surface area contributed by atoms with Crippen molar-refractivity contribution in [3.63, 3.8) is 0 Å². The molecule has 2 aromatic rings. The van der Waals surface area contributed by atoms with Crippen LogP contribution in [0.25, 0.3) is 0 Å². The number of amides is 1. The van der Waals surface area contributed by atoms with Crippen molar-refractivity contribution in [2.24, 2.45) is 22.2 Å². The van der Waals surface area contributed by atoms with Crippen LogP contribution in [0.15, 0.2) is 41.4 Å². The van der Waals surface area contributed by atoms with E-state index >= 15 is 0 Å². The molecule has 3 aliphatic rings. The highest BCUT2D eigenvalue weighted by Crippen LogP contribution is 2.54. The molecule has 1 spiro atoms. The van der Waals surface area contributed by atoms with Crippen LogP contribution in [0.4, 0.5) is 13.2 Å². The highest BCUT2D eigenvalue weighted by molar-refractivity contribution is 6.46. The summed E-state index contributed by atoms with van der Waals surface area (Å²) in [4.78, 5) is 20.9. The van der Waals surface area contributed by atoms with Crippen molar-refractivity contribution in [1.82, 2.24) is 4.90 Å². The van der Waals surface area contributed by atoms with Crippen molar-refractivity contribution >= 4 is 11.6 Å². The van der Waals surface area contributed by atoms with E-state index in [4.69, 9.17) is 4.99 Å². The molecule has 0 radical (unpaired) electrons. The molecule has 2 saturated carbocycles. The number of carbonyl (C=O) groups is 1. The van der Waals surface area contributed by atoms with Crippen LogP contribution in [-0.4, -0.2) is 22.2 Å². The maximum absolute atomic E-state index is 14.1. The van der Waals surface area contributed by atoms with Gasteiger partial charge in [-0.05, 0) is 80.4 Å². The van der Waals surface area contributed by atoms with Gasteiger partial charge in [0.05, 0.1) is 6.04 Å². The fraction of sp³-hybridized carbons (Fsp3) is 0.517. The highest BCUT2D eigenvalue weighted by atomic mass is 19.2. The second kappa shape index (κ2) is 8.49. The summed E-state index contributed by atoms with van der Waals surface area (Å²) in [5, 5.41) is 0. The Morgan fingerprint density at radius 3 is 2.06 bits per heavy atom.